The number of rotatable bonds is 2. The quantitative estimate of drug-likeness (QED) is 0.619. The van der Waals surface area contributed by atoms with Crippen LogP contribution in [0, 0.1) is 0 Å². The second kappa shape index (κ2) is 5.19. The van der Waals surface area contributed by atoms with Crippen molar-refractivity contribution in [2.75, 3.05) is 19.6 Å². The van der Waals surface area contributed by atoms with E-state index < -0.39 is 6.04 Å². The summed E-state index contributed by atoms with van der Waals surface area (Å²) in [6.45, 7) is 1.95. The Kier molecular flexibility index (Phi) is 4.18. The van der Waals surface area contributed by atoms with Gasteiger partial charge in [-0.25, -0.2) is 0 Å². The summed E-state index contributed by atoms with van der Waals surface area (Å²) in [5.74, 6) is 0.0180. The number of likely N-dealkylation sites (tertiary alicyclic amines) is 1. The number of carbonyl (C=O) groups excluding carboxylic acids is 1. The van der Waals surface area contributed by atoms with Gasteiger partial charge in [0.05, 0.1) is 6.04 Å². The van der Waals surface area contributed by atoms with Crippen LogP contribution in [-0.4, -0.2) is 36.5 Å². The van der Waals surface area contributed by atoms with Gasteiger partial charge in [0.2, 0.25) is 5.91 Å². The first kappa shape index (κ1) is 10.5. The molecule has 0 aromatic carbocycles. The summed E-state index contributed by atoms with van der Waals surface area (Å²) in [6.07, 6.45) is 4.65. The van der Waals surface area contributed by atoms with E-state index in [9.17, 15) is 4.79 Å². The topological polar surface area (TPSA) is 72.3 Å². The zero-order valence-corrected chi connectivity index (χ0v) is 8.04. The molecule has 4 nitrogen and oxygen atoms in total. The molecule has 0 aromatic rings. The predicted molar refractivity (Wildman–Crippen MR) is 52.1 cm³/mol. The normalized spacial score (nSPS) is 20.9. The van der Waals surface area contributed by atoms with Crippen molar-refractivity contribution in [1.29, 1.82) is 0 Å². The predicted octanol–water partition coefficient (Wildman–Crippen LogP) is -0.325. The number of hydrogen-bond acceptors (Lipinski definition) is 3. The van der Waals surface area contributed by atoms with Crippen LogP contribution in [0.3, 0.4) is 0 Å². The van der Waals surface area contributed by atoms with Crippen molar-refractivity contribution in [3.8, 4) is 0 Å². The van der Waals surface area contributed by atoms with E-state index in [1.54, 1.807) is 0 Å². The Hall–Kier alpha value is -0.610. The molecular formula is C9H19N3O. The second-order valence-corrected chi connectivity index (χ2v) is 3.58. The van der Waals surface area contributed by atoms with Crippen molar-refractivity contribution in [1.82, 2.24) is 4.90 Å². The third-order valence-electron chi connectivity index (χ3n) is 2.49. The molecule has 76 valence electrons. The summed E-state index contributed by atoms with van der Waals surface area (Å²) in [5, 5.41) is 0. The largest absolute Gasteiger partial charge is 0.341 e. The van der Waals surface area contributed by atoms with E-state index in [0.29, 0.717) is 0 Å². The highest BCUT2D eigenvalue weighted by Crippen LogP contribution is 2.10. The maximum Gasteiger partial charge on any atom is 0.240 e. The van der Waals surface area contributed by atoms with Gasteiger partial charge in [-0.1, -0.05) is 12.8 Å². The average Bonchev–Trinajstić information content (AvgIpc) is 2.43. The molecule has 0 saturated carbocycles. The first-order chi connectivity index (χ1) is 6.25. The highest BCUT2D eigenvalue weighted by molar-refractivity contribution is 5.81. The number of hydrogen-bond donors (Lipinski definition) is 2. The van der Waals surface area contributed by atoms with Gasteiger partial charge in [-0.15, -0.1) is 0 Å². The van der Waals surface area contributed by atoms with Gasteiger partial charge in [-0.3, -0.25) is 4.79 Å². The molecule has 1 rings (SSSR count). The Morgan fingerprint density at radius 1 is 1.23 bits per heavy atom. The van der Waals surface area contributed by atoms with Gasteiger partial charge >= 0.3 is 0 Å². The fourth-order valence-corrected chi connectivity index (χ4v) is 1.63. The molecule has 0 spiro atoms. The van der Waals surface area contributed by atoms with E-state index in [1.807, 2.05) is 4.90 Å². The van der Waals surface area contributed by atoms with Crippen LogP contribution in [0.2, 0.25) is 0 Å². The highest BCUT2D eigenvalue weighted by Gasteiger charge is 2.20. The van der Waals surface area contributed by atoms with Crippen molar-refractivity contribution in [3.63, 3.8) is 0 Å². The molecule has 0 unspecified atom stereocenters. The van der Waals surface area contributed by atoms with Crippen LogP contribution in [0.1, 0.15) is 25.7 Å². The van der Waals surface area contributed by atoms with Crippen LogP contribution >= 0.6 is 0 Å². The molecule has 1 atom stereocenters. The number of amides is 1. The lowest BCUT2D eigenvalue weighted by Gasteiger charge is -2.23. The van der Waals surface area contributed by atoms with Crippen LogP contribution in [0.4, 0.5) is 0 Å². The van der Waals surface area contributed by atoms with E-state index in [2.05, 4.69) is 0 Å². The van der Waals surface area contributed by atoms with Crippen LogP contribution in [0.5, 0.6) is 0 Å². The Morgan fingerprint density at radius 2 is 1.77 bits per heavy atom. The molecule has 1 aliphatic rings. The summed E-state index contributed by atoms with van der Waals surface area (Å²) in [4.78, 5) is 13.5. The second-order valence-electron chi connectivity index (χ2n) is 3.58. The van der Waals surface area contributed by atoms with Crippen LogP contribution < -0.4 is 11.5 Å². The van der Waals surface area contributed by atoms with E-state index in [0.717, 1.165) is 25.9 Å². The van der Waals surface area contributed by atoms with Gasteiger partial charge < -0.3 is 16.4 Å². The first-order valence-corrected chi connectivity index (χ1v) is 5.00. The van der Waals surface area contributed by atoms with Gasteiger partial charge in [0, 0.05) is 19.6 Å². The van der Waals surface area contributed by atoms with E-state index in [-0.39, 0.29) is 12.5 Å². The summed E-state index contributed by atoms with van der Waals surface area (Å²) in [7, 11) is 0. The van der Waals surface area contributed by atoms with Gasteiger partial charge in [0.1, 0.15) is 0 Å². The van der Waals surface area contributed by atoms with Gasteiger partial charge in [0.25, 0.3) is 0 Å². The average molecular weight is 185 g/mol. The minimum Gasteiger partial charge on any atom is -0.341 e. The molecular weight excluding hydrogens is 166 g/mol. The smallest absolute Gasteiger partial charge is 0.240 e. The summed E-state index contributed by atoms with van der Waals surface area (Å²) in [6, 6.07) is -0.502. The zero-order valence-electron chi connectivity index (χ0n) is 8.04. The van der Waals surface area contributed by atoms with Crippen LogP contribution in [-0.2, 0) is 4.79 Å². The first-order valence-electron chi connectivity index (χ1n) is 5.00. The summed E-state index contributed by atoms with van der Waals surface area (Å²) < 4.78 is 0. The lowest BCUT2D eigenvalue weighted by atomic mass is 10.2. The minimum atomic E-state index is -0.502. The summed E-state index contributed by atoms with van der Waals surface area (Å²) in [5.41, 5.74) is 10.9. The third-order valence-corrected chi connectivity index (χ3v) is 2.49. The van der Waals surface area contributed by atoms with E-state index in [4.69, 9.17) is 11.5 Å². The van der Waals surface area contributed by atoms with Crippen LogP contribution in [0.25, 0.3) is 0 Å². The SMILES string of the molecule is NC[C@@H](N)C(=O)N1CCCCCC1. The Labute approximate surface area is 79.3 Å². The Morgan fingerprint density at radius 3 is 2.23 bits per heavy atom. The molecule has 0 aromatic heterocycles. The fourth-order valence-electron chi connectivity index (χ4n) is 1.63. The van der Waals surface area contributed by atoms with Gasteiger partial charge in [-0.2, -0.15) is 0 Å². The number of carbonyl (C=O) groups is 1. The van der Waals surface area contributed by atoms with Crippen molar-refractivity contribution < 1.29 is 4.79 Å². The molecule has 1 saturated heterocycles. The van der Waals surface area contributed by atoms with Crippen LogP contribution in [0.15, 0.2) is 0 Å². The number of nitrogens with zero attached hydrogens (tertiary/aromatic N) is 1. The molecule has 4 N–H and O–H groups in total. The molecule has 0 aliphatic carbocycles. The molecule has 1 heterocycles. The third kappa shape index (κ3) is 2.97. The lowest BCUT2D eigenvalue weighted by molar-refractivity contribution is -0.132. The minimum absolute atomic E-state index is 0.0180. The molecule has 4 heteroatoms. The Balaban J connectivity index is 2.43. The van der Waals surface area contributed by atoms with Gasteiger partial charge in [0.15, 0.2) is 0 Å². The Bertz CT molecular complexity index is 164. The lowest BCUT2D eigenvalue weighted by Crippen LogP contribution is -2.47. The highest BCUT2D eigenvalue weighted by atomic mass is 16.2. The molecule has 13 heavy (non-hydrogen) atoms. The monoisotopic (exact) mass is 185 g/mol. The zero-order chi connectivity index (χ0) is 9.68. The number of nitrogens with two attached hydrogens (primary N) is 2. The molecule has 1 fully saturated rings. The molecule has 1 aliphatic heterocycles. The molecule has 1 amide bonds. The van der Waals surface area contributed by atoms with Crippen molar-refractivity contribution in [2.45, 2.75) is 31.7 Å². The van der Waals surface area contributed by atoms with Crippen molar-refractivity contribution in [2.24, 2.45) is 11.5 Å². The maximum absolute atomic E-state index is 11.6. The fraction of sp³-hybridized carbons (Fsp3) is 0.889. The maximum atomic E-state index is 11.6. The standard InChI is InChI=1S/C9H19N3O/c10-7-8(11)9(13)12-5-3-1-2-4-6-12/h8H,1-7,10-11H2/t8-/m1/s1. The van der Waals surface area contributed by atoms with Crippen molar-refractivity contribution >= 4 is 5.91 Å². The molecule has 0 radical (unpaired) electrons. The van der Waals surface area contributed by atoms with Crippen molar-refractivity contribution in [3.05, 3.63) is 0 Å². The molecule has 0 bridgehead atoms. The van der Waals surface area contributed by atoms with Gasteiger partial charge in [-0.05, 0) is 12.8 Å². The van der Waals surface area contributed by atoms with E-state index >= 15 is 0 Å². The summed E-state index contributed by atoms with van der Waals surface area (Å²) >= 11 is 0. The van der Waals surface area contributed by atoms with E-state index in [1.165, 1.54) is 12.8 Å².